The quantitative estimate of drug-likeness (QED) is 0.565. The molecule has 3 rings (SSSR count). The first kappa shape index (κ1) is 21.5. The number of imide groups is 1. The number of aryl methyl sites for hydroxylation is 2. The maximum atomic E-state index is 12.4. The summed E-state index contributed by atoms with van der Waals surface area (Å²) < 4.78 is 35.2. The van der Waals surface area contributed by atoms with Gasteiger partial charge in [0.25, 0.3) is 0 Å². The molecular weight excluding hydrogens is 412 g/mol. The van der Waals surface area contributed by atoms with Crippen molar-refractivity contribution >= 4 is 33.5 Å². The topological polar surface area (TPSA) is 133 Å². The van der Waals surface area contributed by atoms with Gasteiger partial charge in [0.2, 0.25) is 21.8 Å². The maximum absolute atomic E-state index is 12.4. The van der Waals surface area contributed by atoms with Crippen LogP contribution in [0.1, 0.15) is 34.3 Å². The van der Waals surface area contributed by atoms with Crippen molar-refractivity contribution in [3.05, 3.63) is 47.0 Å². The van der Waals surface area contributed by atoms with Crippen molar-refractivity contribution in [3.63, 3.8) is 0 Å². The fourth-order valence-electron chi connectivity index (χ4n) is 3.26. The van der Waals surface area contributed by atoms with E-state index in [1.165, 1.54) is 6.07 Å². The predicted molar refractivity (Wildman–Crippen MR) is 107 cm³/mol. The number of carbonyl (C=O) groups is 3. The van der Waals surface area contributed by atoms with E-state index in [0.717, 1.165) is 29.2 Å². The van der Waals surface area contributed by atoms with Crippen LogP contribution in [0.25, 0.3) is 0 Å². The highest BCUT2D eigenvalue weighted by Crippen LogP contribution is 2.41. The molecule has 0 radical (unpaired) electrons. The van der Waals surface area contributed by atoms with Gasteiger partial charge < -0.3 is 9.47 Å². The van der Waals surface area contributed by atoms with Gasteiger partial charge in [-0.3, -0.25) is 9.59 Å². The number of anilines is 1. The van der Waals surface area contributed by atoms with Gasteiger partial charge in [-0.1, -0.05) is 6.07 Å². The molecule has 0 spiro atoms. The van der Waals surface area contributed by atoms with E-state index in [9.17, 15) is 22.8 Å². The molecule has 2 aromatic rings. The van der Waals surface area contributed by atoms with Gasteiger partial charge in [0.1, 0.15) is 10.6 Å². The van der Waals surface area contributed by atoms with Crippen molar-refractivity contribution in [2.45, 2.75) is 31.6 Å². The zero-order chi connectivity index (χ0) is 22.2. The first-order valence-electron chi connectivity index (χ1n) is 8.92. The number of hydrogen-bond donors (Lipinski definition) is 1. The van der Waals surface area contributed by atoms with Gasteiger partial charge in [-0.05, 0) is 49.2 Å². The summed E-state index contributed by atoms with van der Waals surface area (Å²) in [6.07, 6.45) is -0.0933. The average Bonchev–Trinajstić information content (AvgIpc) is 2.97. The molecule has 1 heterocycles. The minimum atomic E-state index is -4.41. The number of nitrogens with two attached hydrogens (primary N) is 1. The lowest BCUT2D eigenvalue weighted by molar-refractivity contribution is -0.121. The fraction of sp³-hybridized carbons (Fsp3) is 0.250. The summed E-state index contributed by atoms with van der Waals surface area (Å²) in [7, 11) is -3.29. The Bertz CT molecular complexity index is 1140. The molecule has 2 N–H and O–H groups in total. The number of benzene rings is 2. The lowest BCUT2D eigenvalue weighted by Crippen LogP contribution is -2.30. The third kappa shape index (κ3) is 4.19. The Balaban J connectivity index is 2.32. The van der Waals surface area contributed by atoms with Crippen LogP contribution in [0.2, 0.25) is 0 Å². The first-order chi connectivity index (χ1) is 14.0. The van der Waals surface area contributed by atoms with Gasteiger partial charge in [-0.15, -0.1) is 0 Å². The lowest BCUT2D eigenvalue weighted by Gasteiger charge is -2.21. The molecule has 2 aromatic carbocycles. The Morgan fingerprint density at radius 1 is 1.00 bits per heavy atom. The van der Waals surface area contributed by atoms with Crippen molar-refractivity contribution in [2.75, 3.05) is 12.0 Å². The molecule has 0 aliphatic carbocycles. The minimum absolute atomic E-state index is 0.0466. The largest absolute Gasteiger partial charge is 0.465 e. The number of esters is 1. The second kappa shape index (κ2) is 7.88. The lowest BCUT2D eigenvalue weighted by atomic mass is 10.1. The van der Waals surface area contributed by atoms with Crippen LogP contribution in [0.15, 0.2) is 35.2 Å². The maximum Gasteiger partial charge on any atom is 0.337 e. The van der Waals surface area contributed by atoms with Crippen LogP contribution in [0.5, 0.6) is 11.5 Å². The van der Waals surface area contributed by atoms with Gasteiger partial charge in [0.05, 0.1) is 18.4 Å². The standard InChI is InChI=1S/C20H20N2O7S/c1-11-6-12(2)8-14(7-11)29-19-15(22-17(23)4-5-18(22)24)9-13(20(25)28-3)10-16(19)30(21,26)27/h6-10H,4-5H2,1-3H3,(H2,21,26,27). The Morgan fingerprint density at radius 2 is 1.57 bits per heavy atom. The second-order valence-electron chi connectivity index (χ2n) is 6.91. The SMILES string of the molecule is COC(=O)c1cc(N2C(=O)CCC2=O)c(Oc2cc(C)cc(C)c2)c(S(N)(=O)=O)c1. The number of methoxy groups -OCH3 is 1. The van der Waals surface area contributed by atoms with Crippen molar-refractivity contribution in [2.24, 2.45) is 5.14 Å². The molecule has 9 nitrogen and oxygen atoms in total. The number of ether oxygens (including phenoxy) is 2. The number of amides is 2. The van der Waals surface area contributed by atoms with E-state index >= 15 is 0 Å². The van der Waals surface area contributed by atoms with Crippen molar-refractivity contribution < 1.29 is 32.3 Å². The van der Waals surface area contributed by atoms with Gasteiger partial charge in [-0.2, -0.15) is 0 Å². The van der Waals surface area contributed by atoms with Crippen LogP contribution in [0, 0.1) is 13.8 Å². The van der Waals surface area contributed by atoms with Crippen LogP contribution in [-0.4, -0.2) is 33.3 Å². The van der Waals surface area contributed by atoms with E-state index in [-0.39, 0.29) is 35.6 Å². The summed E-state index contributed by atoms with van der Waals surface area (Å²) in [5.74, 6) is -2.00. The summed E-state index contributed by atoms with van der Waals surface area (Å²) in [6, 6.07) is 7.38. The molecule has 1 saturated heterocycles. The zero-order valence-electron chi connectivity index (χ0n) is 16.6. The second-order valence-corrected chi connectivity index (χ2v) is 8.44. The van der Waals surface area contributed by atoms with E-state index in [0.29, 0.717) is 0 Å². The summed E-state index contributed by atoms with van der Waals surface area (Å²) in [6.45, 7) is 3.66. The fourth-order valence-corrected chi connectivity index (χ4v) is 3.95. The molecule has 0 bridgehead atoms. The molecule has 158 valence electrons. The summed E-state index contributed by atoms with van der Waals surface area (Å²) in [5.41, 5.74) is 1.32. The molecule has 2 amide bonds. The van der Waals surface area contributed by atoms with Crippen LogP contribution in [-0.2, 0) is 24.3 Å². The Kier molecular flexibility index (Phi) is 5.64. The molecule has 0 saturated carbocycles. The number of hydrogen-bond acceptors (Lipinski definition) is 7. The summed E-state index contributed by atoms with van der Waals surface area (Å²) >= 11 is 0. The number of primary sulfonamides is 1. The summed E-state index contributed by atoms with van der Waals surface area (Å²) in [5, 5.41) is 5.37. The van der Waals surface area contributed by atoms with Gasteiger partial charge >= 0.3 is 5.97 Å². The highest BCUT2D eigenvalue weighted by atomic mass is 32.2. The Hall–Kier alpha value is -3.24. The van der Waals surface area contributed by atoms with Gasteiger partial charge in [0, 0.05) is 12.8 Å². The third-order valence-corrected chi connectivity index (χ3v) is 5.39. The first-order valence-corrected chi connectivity index (χ1v) is 10.5. The van der Waals surface area contributed by atoms with Crippen molar-refractivity contribution in [1.29, 1.82) is 0 Å². The molecular formula is C20H20N2O7S. The monoisotopic (exact) mass is 432 g/mol. The van der Waals surface area contributed by atoms with E-state index < -0.39 is 32.7 Å². The summed E-state index contributed by atoms with van der Waals surface area (Å²) in [4.78, 5) is 37.1. The normalized spacial score (nSPS) is 14.2. The molecule has 30 heavy (non-hydrogen) atoms. The van der Waals surface area contributed by atoms with Crippen molar-refractivity contribution in [1.82, 2.24) is 0 Å². The molecule has 10 heteroatoms. The molecule has 1 aliphatic rings. The smallest absolute Gasteiger partial charge is 0.337 e. The minimum Gasteiger partial charge on any atom is -0.465 e. The number of nitrogens with zero attached hydrogens (tertiary/aromatic N) is 1. The van der Waals surface area contributed by atoms with E-state index in [2.05, 4.69) is 4.74 Å². The average molecular weight is 432 g/mol. The van der Waals surface area contributed by atoms with Gasteiger partial charge in [0.15, 0.2) is 5.75 Å². The zero-order valence-corrected chi connectivity index (χ0v) is 17.4. The molecule has 1 aliphatic heterocycles. The third-order valence-electron chi connectivity index (χ3n) is 4.47. The number of carbonyl (C=O) groups excluding carboxylic acids is 3. The molecule has 1 fully saturated rings. The number of sulfonamides is 1. The highest BCUT2D eigenvalue weighted by Gasteiger charge is 2.36. The molecule has 0 unspecified atom stereocenters. The van der Waals surface area contributed by atoms with Crippen LogP contribution < -0.4 is 14.8 Å². The van der Waals surface area contributed by atoms with Gasteiger partial charge in [-0.25, -0.2) is 23.3 Å². The molecule has 0 aromatic heterocycles. The van der Waals surface area contributed by atoms with Crippen LogP contribution >= 0.6 is 0 Å². The van der Waals surface area contributed by atoms with Crippen LogP contribution in [0.3, 0.4) is 0 Å². The van der Waals surface area contributed by atoms with Crippen LogP contribution in [0.4, 0.5) is 5.69 Å². The van der Waals surface area contributed by atoms with E-state index in [4.69, 9.17) is 9.88 Å². The Labute approximate surface area is 173 Å². The Morgan fingerprint density at radius 3 is 2.07 bits per heavy atom. The van der Waals surface area contributed by atoms with E-state index in [1.807, 2.05) is 19.9 Å². The predicted octanol–water partition coefficient (Wildman–Crippen LogP) is 2.18. The highest BCUT2D eigenvalue weighted by molar-refractivity contribution is 7.89. The molecule has 0 atom stereocenters. The number of rotatable bonds is 5. The van der Waals surface area contributed by atoms with E-state index in [1.54, 1.807) is 12.1 Å². The van der Waals surface area contributed by atoms with Crippen molar-refractivity contribution in [3.8, 4) is 11.5 Å².